The zero-order valence-corrected chi connectivity index (χ0v) is 16.7. The number of nitrogens with zero attached hydrogens (tertiary/aromatic N) is 4. The van der Waals surface area contributed by atoms with Gasteiger partial charge in [-0.1, -0.05) is 12.1 Å². The standard InChI is InChI=1S/C21H17N5O5/c1-29-20(27)13-5-3-12(4-6-13)11-16-17(24-19-18(23-16)25-31-26-19)22-15-9-7-14(8-10-15)21(28)30-2/h3-10H,11H2,1-2H3,(H,22,24,26). The molecular weight excluding hydrogens is 402 g/mol. The Morgan fingerprint density at radius 3 is 1.97 bits per heavy atom. The molecule has 0 radical (unpaired) electrons. The van der Waals surface area contributed by atoms with Gasteiger partial charge in [0, 0.05) is 12.1 Å². The van der Waals surface area contributed by atoms with Gasteiger partial charge in [0.25, 0.3) is 0 Å². The van der Waals surface area contributed by atoms with Crippen molar-refractivity contribution in [1.29, 1.82) is 0 Å². The van der Waals surface area contributed by atoms with Crippen molar-refractivity contribution in [3.63, 3.8) is 0 Å². The Labute approximate surface area is 176 Å². The molecule has 0 spiro atoms. The van der Waals surface area contributed by atoms with Gasteiger partial charge in [-0.15, -0.1) is 0 Å². The monoisotopic (exact) mass is 419 g/mol. The van der Waals surface area contributed by atoms with Gasteiger partial charge in [0.05, 0.1) is 31.0 Å². The smallest absolute Gasteiger partial charge is 0.337 e. The molecule has 0 unspecified atom stereocenters. The third-order valence-electron chi connectivity index (χ3n) is 4.50. The number of carbonyl (C=O) groups excluding carboxylic acids is 2. The molecule has 0 saturated heterocycles. The van der Waals surface area contributed by atoms with Gasteiger partial charge >= 0.3 is 11.9 Å². The lowest BCUT2D eigenvalue weighted by Crippen LogP contribution is -2.05. The second-order valence-corrected chi connectivity index (χ2v) is 6.49. The van der Waals surface area contributed by atoms with E-state index in [1.54, 1.807) is 36.4 Å². The molecule has 0 saturated carbocycles. The fourth-order valence-corrected chi connectivity index (χ4v) is 2.91. The summed E-state index contributed by atoms with van der Waals surface area (Å²) in [5, 5.41) is 10.7. The number of hydrogen-bond acceptors (Lipinski definition) is 10. The SMILES string of the molecule is COC(=O)c1ccc(Cc2nc3nonc3nc2Nc2ccc(C(=O)OC)cc2)cc1. The number of fused-ring (bicyclic) bond motifs is 1. The summed E-state index contributed by atoms with van der Waals surface area (Å²) in [6.07, 6.45) is 0.416. The molecular formula is C21H17N5O5. The van der Waals surface area contributed by atoms with E-state index in [9.17, 15) is 9.59 Å². The molecule has 1 N–H and O–H groups in total. The second kappa shape index (κ2) is 8.57. The highest BCUT2D eigenvalue weighted by Crippen LogP contribution is 2.23. The fraction of sp³-hybridized carbons (Fsp3) is 0.143. The highest BCUT2D eigenvalue weighted by Gasteiger charge is 2.15. The summed E-state index contributed by atoms with van der Waals surface area (Å²) in [6.45, 7) is 0. The molecule has 0 atom stereocenters. The summed E-state index contributed by atoms with van der Waals surface area (Å²) < 4.78 is 14.2. The maximum absolute atomic E-state index is 11.6. The van der Waals surface area contributed by atoms with Crippen LogP contribution in [0.5, 0.6) is 0 Å². The van der Waals surface area contributed by atoms with Crippen LogP contribution >= 0.6 is 0 Å². The predicted octanol–water partition coefficient (Wildman–Crippen LogP) is 2.92. The molecule has 10 heteroatoms. The lowest BCUT2D eigenvalue weighted by molar-refractivity contribution is 0.0592. The van der Waals surface area contributed by atoms with E-state index in [1.807, 2.05) is 12.1 Å². The predicted molar refractivity (Wildman–Crippen MR) is 109 cm³/mol. The zero-order valence-electron chi connectivity index (χ0n) is 16.7. The third kappa shape index (κ3) is 4.32. The van der Waals surface area contributed by atoms with Crippen LogP contribution in [-0.2, 0) is 15.9 Å². The van der Waals surface area contributed by atoms with Crippen molar-refractivity contribution >= 4 is 34.7 Å². The first kappa shape index (κ1) is 20.0. The van der Waals surface area contributed by atoms with E-state index in [0.29, 0.717) is 34.7 Å². The van der Waals surface area contributed by atoms with Gasteiger partial charge in [0.2, 0.25) is 11.3 Å². The van der Waals surface area contributed by atoms with E-state index in [2.05, 4.69) is 25.6 Å². The Bertz CT molecular complexity index is 1140. The van der Waals surface area contributed by atoms with Gasteiger partial charge in [-0.05, 0) is 52.3 Å². The highest BCUT2D eigenvalue weighted by molar-refractivity contribution is 5.90. The number of anilines is 2. The van der Waals surface area contributed by atoms with E-state index in [0.717, 1.165) is 5.56 Å². The van der Waals surface area contributed by atoms with Crippen molar-refractivity contribution in [1.82, 2.24) is 20.3 Å². The largest absolute Gasteiger partial charge is 0.465 e. The Hall–Kier alpha value is -4.34. The van der Waals surface area contributed by atoms with Gasteiger partial charge in [-0.2, -0.15) is 0 Å². The minimum atomic E-state index is -0.419. The number of methoxy groups -OCH3 is 2. The van der Waals surface area contributed by atoms with Gasteiger partial charge in [-0.25, -0.2) is 24.2 Å². The second-order valence-electron chi connectivity index (χ2n) is 6.49. The summed E-state index contributed by atoms with van der Waals surface area (Å²) >= 11 is 0. The van der Waals surface area contributed by atoms with E-state index in [4.69, 9.17) is 14.1 Å². The van der Waals surface area contributed by atoms with E-state index in [1.165, 1.54) is 14.2 Å². The van der Waals surface area contributed by atoms with Crippen LogP contribution in [-0.4, -0.2) is 46.4 Å². The average molecular weight is 419 g/mol. The molecule has 0 aliphatic heterocycles. The first-order valence-corrected chi connectivity index (χ1v) is 9.19. The number of aromatic nitrogens is 4. The first-order chi connectivity index (χ1) is 15.1. The zero-order chi connectivity index (χ0) is 21.8. The summed E-state index contributed by atoms with van der Waals surface area (Å²) in [6, 6.07) is 13.7. The van der Waals surface area contributed by atoms with Gasteiger partial charge in [-0.3, -0.25) is 0 Å². The van der Waals surface area contributed by atoms with Crippen LogP contribution in [0.15, 0.2) is 53.2 Å². The topological polar surface area (TPSA) is 129 Å². The van der Waals surface area contributed by atoms with Gasteiger partial charge in [0.1, 0.15) is 0 Å². The lowest BCUT2D eigenvalue weighted by atomic mass is 10.1. The number of hydrogen-bond donors (Lipinski definition) is 1. The maximum atomic E-state index is 11.6. The molecule has 0 aliphatic carbocycles. The van der Waals surface area contributed by atoms with Gasteiger partial charge < -0.3 is 14.8 Å². The Morgan fingerprint density at radius 1 is 0.839 bits per heavy atom. The van der Waals surface area contributed by atoms with Crippen LogP contribution in [0.3, 0.4) is 0 Å². The molecule has 4 aromatic rings. The number of nitrogens with one attached hydrogen (secondary N) is 1. The molecule has 0 bridgehead atoms. The number of carbonyl (C=O) groups is 2. The molecule has 156 valence electrons. The molecule has 31 heavy (non-hydrogen) atoms. The lowest BCUT2D eigenvalue weighted by Gasteiger charge is -2.11. The number of ether oxygens (including phenoxy) is 2. The van der Waals surface area contributed by atoms with Crippen molar-refractivity contribution in [2.75, 3.05) is 19.5 Å². The van der Waals surface area contributed by atoms with Crippen molar-refractivity contribution in [2.45, 2.75) is 6.42 Å². The first-order valence-electron chi connectivity index (χ1n) is 9.19. The Balaban J connectivity index is 1.63. The summed E-state index contributed by atoms with van der Waals surface area (Å²) in [5.41, 5.74) is 3.64. The third-order valence-corrected chi connectivity index (χ3v) is 4.50. The Morgan fingerprint density at radius 2 is 1.39 bits per heavy atom. The summed E-state index contributed by atoms with van der Waals surface area (Å²) in [7, 11) is 2.66. The van der Waals surface area contributed by atoms with Crippen LogP contribution < -0.4 is 5.32 Å². The number of benzene rings is 2. The van der Waals surface area contributed by atoms with Crippen molar-refractivity contribution in [3.8, 4) is 0 Å². The summed E-state index contributed by atoms with van der Waals surface area (Å²) in [4.78, 5) is 32.2. The normalized spacial score (nSPS) is 10.6. The van der Waals surface area contributed by atoms with Crippen molar-refractivity contribution in [2.24, 2.45) is 0 Å². The number of esters is 2. The molecule has 0 fully saturated rings. The number of rotatable bonds is 6. The molecule has 2 aromatic heterocycles. The van der Waals surface area contributed by atoms with E-state index in [-0.39, 0.29) is 11.3 Å². The fourth-order valence-electron chi connectivity index (χ4n) is 2.91. The van der Waals surface area contributed by atoms with E-state index < -0.39 is 11.9 Å². The molecule has 4 rings (SSSR count). The molecule has 2 aromatic carbocycles. The molecule has 0 amide bonds. The minimum Gasteiger partial charge on any atom is -0.465 e. The minimum absolute atomic E-state index is 0.262. The molecule has 0 aliphatic rings. The van der Waals surface area contributed by atoms with Crippen LogP contribution in [0.1, 0.15) is 32.0 Å². The van der Waals surface area contributed by atoms with Crippen LogP contribution in [0.4, 0.5) is 11.5 Å². The van der Waals surface area contributed by atoms with E-state index >= 15 is 0 Å². The van der Waals surface area contributed by atoms with Crippen molar-refractivity contribution in [3.05, 3.63) is 70.9 Å². The van der Waals surface area contributed by atoms with Gasteiger partial charge in [0.15, 0.2) is 5.82 Å². The van der Waals surface area contributed by atoms with Crippen molar-refractivity contribution < 1.29 is 23.7 Å². The summed E-state index contributed by atoms with van der Waals surface area (Å²) in [5.74, 6) is -0.359. The quantitative estimate of drug-likeness (QED) is 0.466. The molecule has 2 heterocycles. The van der Waals surface area contributed by atoms with Crippen LogP contribution in [0.25, 0.3) is 11.3 Å². The van der Waals surface area contributed by atoms with Crippen LogP contribution in [0.2, 0.25) is 0 Å². The highest BCUT2D eigenvalue weighted by atomic mass is 16.6. The molecule has 10 nitrogen and oxygen atoms in total. The Kier molecular flexibility index (Phi) is 5.52. The maximum Gasteiger partial charge on any atom is 0.337 e. The van der Waals surface area contributed by atoms with Crippen LogP contribution in [0, 0.1) is 0 Å². The average Bonchev–Trinajstić information content (AvgIpc) is 3.26.